The molecule has 2 unspecified atom stereocenters. The summed E-state index contributed by atoms with van der Waals surface area (Å²) in [6.07, 6.45) is 3.05. The Morgan fingerprint density at radius 2 is 2.20 bits per heavy atom. The van der Waals surface area contributed by atoms with Crippen LogP contribution < -0.4 is 10.2 Å². The Hall–Kier alpha value is -1.96. The minimum absolute atomic E-state index is 0.184. The second-order valence-electron chi connectivity index (χ2n) is 6.31. The van der Waals surface area contributed by atoms with Gasteiger partial charge in [0.05, 0.1) is 6.61 Å². The van der Waals surface area contributed by atoms with Crippen molar-refractivity contribution in [1.29, 1.82) is 0 Å². The lowest BCUT2D eigenvalue weighted by molar-refractivity contribution is -0.114. The Balaban J connectivity index is 0.000000236. The van der Waals surface area contributed by atoms with Crippen molar-refractivity contribution in [1.82, 2.24) is 10.4 Å². The smallest absolute Gasteiger partial charge is 0.274 e. The van der Waals surface area contributed by atoms with Crippen molar-refractivity contribution in [2.75, 3.05) is 33.4 Å². The van der Waals surface area contributed by atoms with Gasteiger partial charge in [0.1, 0.15) is 18.6 Å². The monoisotopic (exact) mass is 350 g/mol. The first-order valence-corrected chi connectivity index (χ1v) is 8.51. The molecule has 0 spiro atoms. The van der Waals surface area contributed by atoms with Gasteiger partial charge in [-0.3, -0.25) is 14.9 Å². The summed E-state index contributed by atoms with van der Waals surface area (Å²) < 4.78 is 10.7. The molecule has 0 radical (unpaired) electrons. The predicted molar refractivity (Wildman–Crippen MR) is 91.8 cm³/mol. The van der Waals surface area contributed by atoms with E-state index < -0.39 is 5.91 Å². The summed E-state index contributed by atoms with van der Waals surface area (Å²) in [5.74, 6) is 0.369. The van der Waals surface area contributed by atoms with Crippen LogP contribution in [0.15, 0.2) is 18.2 Å². The lowest BCUT2D eigenvalue weighted by Crippen LogP contribution is -2.24. The fourth-order valence-electron chi connectivity index (χ4n) is 2.81. The molecular formula is C18H26N2O5. The zero-order valence-electron chi connectivity index (χ0n) is 14.7. The van der Waals surface area contributed by atoms with Gasteiger partial charge in [-0.25, -0.2) is 5.48 Å². The van der Waals surface area contributed by atoms with Crippen LogP contribution in [-0.4, -0.2) is 55.7 Å². The normalized spacial score (nSPS) is 23.2. The fourth-order valence-corrected chi connectivity index (χ4v) is 2.81. The van der Waals surface area contributed by atoms with Crippen LogP contribution in [0.4, 0.5) is 0 Å². The summed E-state index contributed by atoms with van der Waals surface area (Å²) in [6.45, 7) is 5.02. The molecule has 138 valence electrons. The van der Waals surface area contributed by atoms with Crippen molar-refractivity contribution in [2.24, 2.45) is 5.92 Å². The molecule has 2 aliphatic heterocycles. The molecule has 7 nitrogen and oxygen atoms in total. The Kier molecular flexibility index (Phi) is 7.36. The maximum Gasteiger partial charge on any atom is 0.274 e. The highest BCUT2D eigenvalue weighted by Gasteiger charge is 2.21. The Bertz CT molecular complexity index is 587. The van der Waals surface area contributed by atoms with E-state index in [0.29, 0.717) is 24.5 Å². The number of carbonyl (C=O) groups is 2. The number of fused-ring (bicyclic) bond motifs is 1. The number of ether oxygens (including phenoxy) is 2. The molecule has 1 aromatic carbocycles. The molecular weight excluding hydrogens is 324 g/mol. The van der Waals surface area contributed by atoms with Gasteiger partial charge in [-0.1, -0.05) is 6.07 Å². The molecule has 1 saturated heterocycles. The van der Waals surface area contributed by atoms with Gasteiger partial charge in [0.15, 0.2) is 0 Å². The molecule has 1 fully saturated rings. The summed E-state index contributed by atoms with van der Waals surface area (Å²) >= 11 is 0. The zero-order valence-corrected chi connectivity index (χ0v) is 14.7. The van der Waals surface area contributed by atoms with Gasteiger partial charge in [-0.05, 0) is 38.9 Å². The average molecular weight is 350 g/mol. The molecule has 25 heavy (non-hydrogen) atoms. The number of amides is 1. The summed E-state index contributed by atoms with van der Waals surface area (Å²) in [5, 5.41) is 8.59. The van der Waals surface area contributed by atoms with E-state index in [-0.39, 0.29) is 12.0 Å². The fraction of sp³-hybridized carbons (Fsp3) is 0.556. The summed E-state index contributed by atoms with van der Waals surface area (Å²) in [6, 6.07) is 5.46. The molecule has 0 bridgehead atoms. The van der Waals surface area contributed by atoms with E-state index in [1.54, 1.807) is 17.6 Å². The Labute approximate surface area is 147 Å². The van der Waals surface area contributed by atoms with Crippen molar-refractivity contribution in [3.8, 4) is 5.75 Å². The van der Waals surface area contributed by atoms with Crippen LogP contribution in [0, 0.1) is 5.92 Å². The van der Waals surface area contributed by atoms with Gasteiger partial charge in [0, 0.05) is 36.2 Å². The summed E-state index contributed by atoms with van der Waals surface area (Å²) in [4.78, 5) is 23.6. The van der Waals surface area contributed by atoms with Gasteiger partial charge >= 0.3 is 0 Å². The van der Waals surface area contributed by atoms with Crippen LogP contribution >= 0.6 is 0 Å². The topological polar surface area (TPSA) is 88.1 Å². The number of likely N-dealkylation sites (N-methyl/N-ethyl adjacent to an activating group) is 1. The first-order chi connectivity index (χ1) is 12.1. The van der Waals surface area contributed by atoms with Crippen molar-refractivity contribution in [3.05, 3.63) is 29.3 Å². The van der Waals surface area contributed by atoms with E-state index in [4.69, 9.17) is 14.7 Å². The quantitative estimate of drug-likeness (QED) is 0.480. The molecule has 3 rings (SSSR count). The minimum atomic E-state index is -0.526. The maximum atomic E-state index is 11.3. The third-order valence-corrected chi connectivity index (χ3v) is 4.58. The minimum Gasteiger partial charge on any atom is -0.492 e. The SMILES string of the molecule is CC1c2ccc(C(=O)NO)cc2OCCN1C.O=CC1CCCOC1. The molecule has 0 saturated carbocycles. The molecule has 2 N–H and O–H groups in total. The van der Waals surface area contributed by atoms with E-state index in [9.17, 15) is 9.59 Å². The van der Waals surface area contributed by atoms with Crippen LogP contribution in [0.1, 0.15) is 41.7 Å². The molecule has 1 amide bonds. The lowest BCUT2D eigenvalue weighted by atomic mass is 10.0. The first kappa shape index (κ1) is 19.4. The molecule has 2 aliphatic rings. The Morgan fingerprint density at radius 3 is 2.80 bits per heavy atom. The van der Waals surface area contributed by atoms with Gasteiger partial charge < -0.3 is 14.3 Å². The molecule has 1 aromatic rings. The second kappa shape index (κ2) is 9.50. The molecule has 2 atom stereocenters. The van der Waals surface area contributed by atoms with Gasteiger partial charge in [0.25, 0.3) is 5.91 Å². The van der Waals surface area contributed by atoms with Gasteiger partial charge in [0.2, 0.25) is 0 Å². The molecule has 7 heteroatoms. The van der Waals surface area contributed by atoms with Crippen molar-refractivity contribution >= 4 is 12.2 Å². The highest BCUT2D eigenvalue weighted by atomic mass is 16.5. The number of rotatable bonds is 2. The van der Waals surface area contributed by atoms with Crippen LogP contribution in [0.2, 0.25) is 0 Å². The number of nitrogens with zero attached hydrogens (tertiary/aromatic N) is 1. The van der Waals surface area contributed by atoms with Crippen LogP contribution in [0.3, 0.4) is 0 Å². The van der Waals surface area contributed by atoms with E-state index in [1.807, 2.05) is 13.1 Å². The van der Waals surface area contributed by atoms with Crippen LogP contribution in [0.25, 0.3) is 0 Å². The predicted octanol–water partition coefficient (Wildman–Crippen LogP) is 1.80. The highest BCUT2D eigenvalue weighted by molar-refractivity contribution is 5.93. The summed E-state index contributed by atoms with van der Waals surface area (Å²) in [7, 11) is 2.04. The maximum absolute atomic E-state index is 11.3. The summed E-state index contributed by atoms with van der Waals surface area (Å²) in [5.41, 5.74) is 3.07. The van der Waals surface area contributed by atoms with E-state index in [1.165, 1.54) is 0 Å². The van der Waals surface area contributed by atoms with Crippen molar-refractivity contribution in [3.63, 3.8) is 0 Å². The van der Waals surface area contributed by atoms with E-state index in [2.05, 4.69) is 11.8 Å². The number of hydroxylamine groups is 1. The number of carbonyl (C=O) groups excluding carboxylic acids is 2. The van der Waals surface area contributed by atoms with Crippen LogP contribution in [-0.2, 0) is 9.53 Å². The third kappa shape index (κ3) is 5.26. The van der Waals surface area contributed by atoms with Crippen molar-refractivity contribution < 1.29 is 24.3 Å². The molecule has 0 aliphatic carbocycles. The standard InChI is InChI=1S/C12H16N2O3.C6H10O2/c1-8-10-4-3-9(12(15)13-16)7-11(10)17-6-5-14(8)2;7-4-6-2-1-3-8-5-6/h3-4,7-8,16H,5-6H2,1-2H3,(H,13,15);4,6H,1-3,5H2. The molecule has 2 heterocycles. The lowest BCUT2D eigenvalue weighted by Gasteiger charge is -2.21. The number of nitrogens with one attached hydrogen (secondary N) is 1. The van der Waals surface area contributed by atoms with E-state index in [0.717, 1.165) is 37.8 Å². The second-order valence-corrected chi connectivity index (χ2v) is 6.31. The Morgan fingerprint density at radius 1 is 1.40 bits per heavy atom. The first-order valence-electron chi connectivity index (χ1n) is 8.51. The van der Waals surface area contributed by atoms with Crippen molar-refractivity contribution in [2.45, 2.75) is 25.8 Å². The third-order valence-electron chi connectivity index (χ3n) is 4.58. The number of hydrogen-bond acceptors (Lipinski definition) is 6. The van der Waals surface area contributed by atoms with Crippen LogP contribution in [0.5, 0.6) is 5.75 Å². The highest BCUT2D eigenvalue weighted by Crippen LogP contribution is 2.31. The number of aldehydes is 1. The zero-order chi connectivity index (χ0) is 18.2. The number of benzene rings is 1. The van der Waals surface area contributed by atoms with Gasteiger partial charge in [-0.15, -0.1) is 0 Å². The number of hydrogen-bond donors (Lipinski definition) is 2. The average Bonchev–Trinajstić information content (AvgIpc) is 2.80. The molecule has 0 aromatic heterocycles. The largest absolute Gasteiger partial charge is 0.492 e. The van der Waals surface area contributed by atoms with Gasteiger partial charge in [-0.2, -0.15) is 0 Å². The van der Waals surface area contributed by atoms with E-state index >= 15 is 0 Å².